The Kier molecular flexibility index (Phi) is 38.8. The largest absolute Gasteiger partial charge is 0.480 e. The topological polar surface area (TPSA) is 169 Å². The average molecular weight is 828 g/mol. The second kappa shape index (κ2) is 40.5. The second-order valence-electron chi connectivity index (χ2n) is 15.2. The Morgan fingerprint density at radius 3 is 1.47 bits per heavy atom. The Bertz CT molecular complexity index is 1110. The number of nitrogens with one attached hydrogen (secondary N) is 1. The number of hydrogen-bond donors (Lipinski definition) is 4. The number of esters is 1. The number of allylic oxidation sites excluding steroid dienone is 6. The minimum Gasteiger partial charge on any atom is -0.480 e. The molecule has 57 heavy (non-hydrogen) atoms. The van der Waals surface area contributed by atoms with Gasteiger partial charge in [-0.25, -0.2) is 9.36 Å². The number of unbranched alkanes of at least 4 members (excludes halogenated alkanes) is 22. The smallest absolute Gasteiger partial charge is 0.472 e. The molecule has 0 aliphatic heterocycles. The second-order valence-corrected chi connectivity index (χ2v) is 16.7. The molecule has 0 saturated heterocycles. The highest BCUT2D eigenvalue weighted by molar-refractivity contribution is 7.47. The van der Waals surface area contributed by atoms with Gasteiger partial charge >= 0.3 is 19.8 Å². The molecule has 0 heterocycles. The van der Waals surface area contributed by atoms with Crippen molar-refractivity contribution in [1.29, 1.82) is 0 Å². The number of aliphatic hydroxyl groups is 1. The Balaban J connectivity index is 3.91. The number of carboxylic acids is 1. The molecule has 0 radical (unpaired) electrons. The maximum absolute atomic E-state index is 12.3. The lowest BCUT2D eigenvalue weighted by molar-refractivity contribution is -0.147. The summed E-state index contributed by atoms with van der Waals surface area (Å²) >= 11 is 0. The van der Waals surface area contributed by atoms with Crippen LogP contribution in [-0.2, 0) is 32.7 Å². The van der Waals surface area contributed by atoms with Crippen LogP contribution in [0.25, 0.3) is 0 Å². The molecule has 3 unspecified atom stereocenters. The first-order valence-corrected chi connectivity index (χ1v) is 24.0. The van der Waals surface area contributed by atoms with Crippen molar-refractivity contribution in [3.05, 3.63) is 36.5 Å². The van der Waals surface area contributed by atoms with Crippen molar-refractivity contribution in [3.63, 3.8) is 0 Å². The Morgan fingerprint density at radius 2 is 0.965 bits per heavy atom. The van der Waals surface area contributed by atoms with Crippen molar-refractivity contribution in [2.24, 2.45) is 0 Å². The number of carboxylic acid groups (broad SMARTS) is 1. The molecular formula is C45H82NO10P. The van der Waals surface area contributed by atoms with Gasteiger partial charge in [0.05, 0.1) is 13.2 Å². The van der Waals surface area contributed by atoms with E-state index in [2.05, 4.69) is 55.6 Å². The maximum Gasteiger partial charge on any atom is 0.472 e. The van der Waals surface area contributed by atoms with E-state index in [4.69, 9.17) is 13.8 Å². The highest BCUT2D eigenvalue weighted by Crippen LogP contribution is 2.43. The van der Waals surface area contributed by atoms with Gasteiger partial charge in [0.2, 0.25) is 5.91 Å². The molecule has 12 heteroatoms. The zero-order valence-corrected chi connectivity index (χ0v) is 36.8. The number of carbonyl (C=O) groups excluding carboxylic acids is 2. The van der Waals surface area contributed by atoms with Crippen molar-refractivity contribution in [2.75, 3.05) is 19.8 Å². The average Bonchev–Trinajstić information content (AvgIpc) is 3.18. The molecule has 0 aromatic heterocycles. The van der Waals surface area contributed by atoms with E-state index in [-0.39, 0.29) is 12.8 Å². The number of aliphatic carboxylic acids is 1. The van der Waals surface area contributed by atoms with E-state index in [9.17, 15) is 34.1 Å². The summed E-state index contributed by atoms with van der Waals surface area (Å²) in [5.74, 6) is -2.39. The van der Waals surface area contributed by atoms with Crippen LogP contribution < -0.4 is 5.32 Å². The van der Waals surface area contributed by atoms with Crippen molar-refractivity contribution in [1.82, 2.24) is 5.32 Å². The van der Waals surface area contributed by atoms with Crippen LogP contribution in [0.15, 0.2) is 36.5 Å². The van der Waals surface area contributed by atoms with Crippen molar-refractivity contribution in [2.45, 2.75) is 212 Å². The lowest BCUT2D eigenvalue weighted by atomic mass is 10.1. The zero-order chi connectivity index (χ0) is 42.1. The summed E-state index contributed by atoms with van der Waals surface area (Å²) < 4.78 is 26.8. The van der Waals surface area contributed by atoms with Gasteiger partial charge in [0, 0.05) is 12.8 Å². The van der Waals surface area contributed by atoms with Crippen LogP contribution >= 0.6 is 7.82 Å². The summed E-state index contributed by atoms with van der Waals surface area (Å²) in [7, 11) is -4.76. The van der Waals surface area contributed by atoms with Crippen LogP contribution in [-0.4, -0.2) is 64.9 Å². The van der Waals surface area contributed by atoms with Crippen molar-refractivity contribution >= 4 is 25.7 Å². The fourth-order valence-electron chi connectivity index (χ4n) is 6.10. The van der Waals surface area contributed by atoms with Crippen LogP contribution in [0.2, 0.25) is 0 Å². The highest BCUT2D eigenvalue weighted by Gasteiger charge is 2.28. The first-order valence-electron chi connectivity index (χ1n) is 22.5. The van der Waals surface area contributed by atoms with Gasteiger partial charge in [-0.3, -0.25) is 18.6 Å². The molecule has 0 fully saturated rings. The van der Waals surface area contributed by atoms with Gasteiger partial charge in [0.25, 0.3) is 0 Å². The number of rotatable bonds is 42. The number of phosphoric acid groups is 1. The molecular weight excluding hydrogens is 745 g/mol. The van der Waals surface area contributed by atoms with Gasteiger partial charge in [-0.15, -0.1) is 0 Å². The van der Waals surface area contributed by atoms with Crippen LogP contribution in [0.4, 0.5) is 0 Å². The maximum atomic E-state index is 12.3. The van der Waals surface area contributed by atoms with Gasteiger partial charge < -0.3 is 25.2 Å². The number of phosphoric ester groups is 1. The van der Waals surface area contributed by atoms with Crippen LogP contribution in [0.3, 0.4) is 0 Å². The molecule has 0 saturated carbocycles. The molecule has 0 aromatic carbocycles. The summed E-state index contributed by atoms with van der Waals surface area (Å²) in [5, 5.41) is 21.8. The van der Waals surface area contributed by atoms with E-state index in [1.165, 1.54) is 77.0 Å². The summed E-state index contributed by atoms with van der Waals surface area (Å²) in [4.78, 5) is 45.9. The first-order chi connectivity index (χ1) is 27.6. The van der Waals surface area contributed by atoms with Gasteiger partial charge in [0.1, 0.15) is 12.7 Å². The van der Waals surface area contributed by atoms with Gasteiger partial charge in [-0.1, -0.05) is 153 Å². The van der Waals surface area contributed by atoms with E-state index in [0.29, 0.717) is 12.8 Å². The molecule has 11 nitrogen and oxygen atoms in total. The predicted octanol–water partition coefficient (Wildman–Crippen LogP) is 11.6. The molecule has 3 atom stereocenters. The standard InChI is InChI=1S/C45H82NO10P/c1-3-5-7-9-11-13-15-17-19-21-22-24-26-28-30-32-34-36-43(48)46-42(45(50)51)40-56-57(52,53)55-39-41(47)38-54-44(49)37-35-33-31-29-27-25-23-20-18-16-14-12-10-8-6-4-2/h11,13,17,19-20,23,41-42,47H,3-10,12,14-16,18,21-22,24-40H2,1-2H3,(H,46,48)(H,50,51)(H,52,53)/b13-11-,19-17-,23-20-. The number of carbonyl (C=O) groups is 3. The SMILES string of the molecule is CCCCC/C=C\C/C=C\CCCCCCCCCC(=O)NC(COP(=O)(O)OCC(O)COC(=O)CCCCCCC/C=C\CCCCCCCCC)C(=O)O. The minimum atomic E-state index is -4.76. The summed E-state index contributed by atoms with van der Waals surface area (Å²) in [5.41, 5.74) is 0. The summed E-state index contributed by atoms with van der Waals surface area (Å²) in [6.07, 6.45) is 43.0. The minimum absolute atomic E-state index is 0.136. The van der Waals surface area contributed by atoms with E-state index in [1.807, 2.05) is 0 Å². The number of hydrogen-bond acceptors (Lipinski definition) is 8. The first kappa shape index (κ1) is 54.7. The van der Waals surface area contributed by atoms with Gasteiger partial charge in [-0.2, -0.15) is 0 Å². The molecule has 0 spiro atoms. The quantitative estimate of drug-likeness (QED) is 0.0201. The Hall–Kier alpha value is -2.30. The molecule has 1 amide bonds. The van der Waals surface area contributed by atoms with Crippen molar-refractivity contribution in [3.8, 4) is 0 Å². The number of ether oxygens (including phenoxy) is 1. The molecule has 0 aliphatic carbocycles. The Labute approximate surface area is 346 Å². The monoisotopic (exact) mass is 828 g/mol. The lowest BCUT2D eigenvalue weighted by Gasteiger charge is -2.18. The molecule has 0 rings (SSSR count). The third-order valence-electron chi connectivity index (χ3n) is 9.65. The zero-order valence-electron chi connectivity index (χ0n) is 35.9. The van der Waals surface area contributed by atoms with E-state index in [1.54, 1.807) is 0 Å². The third kappa shape index (κ3) is 40.3. The van der Waals surface area contributed by atoms with E-state index >= 15 is 0 Å². The number of amides is 1. The van der Waals surface area contributed by atoms with Crippen LogP contribution in [0.1, 0.15) is 200 Å². The lowest BCUT2D eigenvalue weighted by Crippen LogP contribution is -2.43. The molecule has 0 aliphatic rings. The van der Waals surface area contributed by atoms with E-state index in [0.717, 1.165) is 83.5 Å². The fraction of sp³-hybridized carbons (Fsp3) is 0.800. The molecule has 4 N–H and O–H groups in total. The molecule has 332 valence electrons. The van der Waals surface area contributed by atoms with Gasteiger partial charge in [-0.05, 0) is 70.6 Å². The van der Waals surface area contributed by atoms with Crippen molar-refractivity contribution < 1.29 is 47.8 Å². The normalized spacial score (nSPS) is 14.0. The van der Waals surface area contributed by atoms with Gasteiger partial charge in [0.15, 0.2) is 6.04 Å². The third-order valence-corrected chi connectivity index (χ3v) is 10.6. The summed E-state index contributed by atoms with van der Waals surface area (Å²) in [6.45, 7) is 2.56. The van der Waals surface area contributed by atoms with Crippen LogP contribution in [0.5, 0.6) is 0 Å². The fourth-order valence-corrected chi connectivity index (χ4v) is 6.88. The molecule has 0 bridgehead atoms. The predicted molar refractivity (Wildman–Crippen MR) is 231 cm³/mol. The van der Waals surface area contributed by atoms with Crippen LogP contribution in [0, 0.1) is 0 Å². The van der Waals surface area contributed by atoms with E-state index < -0.39 is 57.6 Å². The molecule has 0 aromatic rings. The Morgan fingerprint density at radius 1 is 0.561 bits per heavy atom. The highest BCUT2D eigenvalue weighted by atomic mass is 31.2. The number of aliphatic hydroxyl groups excluding tert-OH is 1. The summed E-state index contributed by atoms with van der Waals surface area (Å²) in [6, 6.07) is -1.55.